The number of carbonyl (C=O) groups is 1. The molecule has 0 unspecified atom stereocenters. The second-order valence-corrected chi connectivity index (χ2v) is 5.23. The molecule has 118 valence electrons. The smallest absolute Gasteiger partial charge is 0.295 e. The first-order valence-corrected chi connectivity index (χ1v) is 7.14. The van der Waals surface area contributed by atoms with Crippen LogP contribution in [0, 0.1) is 6.92 Å². The largest absolute Gasteiger partial charge is 0.314 e. The number of nitrogens with one attached hydrogen (secondary N) is 1. The maximum atomic E-state index is 12.7. The van der Waals surface area contributed by atoms with Crippen molar-refractivity contribution in [1.29, 1.82) is 0 Å². The van der Waals surface area contributed by atoms with Crippen molar-refractivity contribution in [2.24, 2.45) is 14.1 Å². The summed E-state index contributed by atoms with van der Waals surface area (Å²) in [4.78, 5) is 25.0. The van der Waals surface area contributed by atoms with E-state index in [2.05, 4.69) is 10.4 Å². The zero-order valence-corrected chi connectivity index (χ0v) is 13.1. The normalized spacial score (nSPS) is 10.7. The lowest BCUT2D eigenvalue weighted by molar-refractivity contribution is 0.101. The minimum absolute atomic E-state index is 0.266. The third-order valence-electron chi connectivity index (χ3n) is 3.85. The highest BCUT2D eigenvalue weighted by molar-refractivity contribution is 6.03. The lowest BCUT2D eigenvalue weighted by atomic mass is 10.3. The molecule has 7 nitrogen and oxygen atoms in total. The topological polar surface area (TPSA) is 73.8 Å². The summed E-state index contributed by atoms with van der Waals surface area (Å²) in [6.45, 7) is 1.79. The number of carbonyl (C=O) groups excluding carboxylic acids is 1. The van der Waals surface area contributed by atoms with Crippen molar-refractivity contribution in [2.75, 3.05) is 5.32 Å². The van der Waals surface area contributed by atoms with Gasteiger partial charge in [0.1, 0.15) is 11.4 Å². The van der Waals surface area contributed by atoms with Crippen molar-refractivity contribution >= 4 is 11.6 Å². The van der Waals surface area contributed by atoms with Crippen molar-refractivity contribution in [1.82, 2.24) is 19.1 Å². The molecular weight excluding hydrogens is 294 g/mol. The van der Waals surface area contributed by atoms with Gasteiger partial charge in [-0.3, -0.25) is 19.0 Å². The Morgan fingerprint density at radius 2 is 1.83 bits per heavy atom. The van der Waals surface area contributed by atoms with Crippen LogP contribution in [0.1, 0.15) is 16.2 Å². The van der Waals surface area contributed by atoms with Crippen LogP contribution in [0.5, 0.6) is 0 Å². The molecule has 3 rings (SSSR count). The molecule has 0 saturated heterocycles. The number of anilines is 1. The van der Waals surface area contributed by atoms with E-state index in [1.54, 1.807) is 31.8 Å². The summed E-state index contributed by atoms with van der Waals surface area (Å²) >= 11 is 0. The number of nitrogens with zero attached hydrogens (tertiary/aromatic N) is 4. The molecule has 0 aliphatic rings. The number of amides is 1. The Hall–Kier alpha value is -3.09. The van der Waals surface area contributed by atoms with Gasteiger partial charge in [-0.2, -0.15) is 5.10 Å². The van der Waals surface area contributed by atoms with Crippen LogP contribution in [0.15, 0.2) is 47.4 Å². The summed E-state index contributed by atoms with van der Waals surface area (Å²) in [6, 6.07) is 10.9. The number of aryl methyl sites for hydroxylation is 1. The lowest BCUT2D eigenvalue weighted by Gasteiger charge is -2.07. The summed E-state index contributed by atoms with van der Waals surface area (Å²) in [6.07, 6.45) is 1.54. The number of rotatable bonds is 3. The van der Waals surface area contributed by atoms with E-state index < -0.39 is 0 Å². The van der Waals surface area contributed by atoms with Crippen LogP contribution in [-0.2, 0) is 14.1 Å². The number of para-hydroxylation sites is 1. The van der Waals surface area contributed by atoms with Gasteiger partial charge in [-0.15, -0.1) is 0 Å². The van der Waals surface area contributed by atoms with Gasteiger partial charge in [0.2, 0.25) is 0 Å². The van der Waals surface area contributed by atoms with Crippen LogP contribution >= 0.6 is 0 Å². The van der Waals surface area contributed by atoms with Gasteiger partial charge < -0.3 is 5.32 Å². The van der Waals surface area contributed by atoms with Gasteiger partial charge in [-0.1, -0.05) is 18.2 Å². The number of hydrogen-bond donors (Lipinski definition) is 1. The van der Waals surface area contributed by atoms with Crippen molar-refractivity contribution in [3.05, 3.63) is 64.3 Å². The second kappa shape index (κ2) is 5.60. The predicted octanol–water partition coefficient (Wildman–Crippen LogP) is 1.47. The first kappa shape index (κ1) is 14.8. The molecule has 0 saturated carbocycles. The molecule has 0 radical (unpaired) electrons. The Kier molecular flexibility index (Phi) is 3.61. The summed E-state index contributed by atoms with van der Waals surface area (Å²) < 4.78 is 4.70. The van der Waals surface area contributed by atoms with Crippen LogP contribution in [0.3, 0.4) is 0 Å². The first-order chi connectivity index (χ1) is 11.0. The second-order valence-electron chi connectivity index (χ2n) is 5.23. The number of aromatic nitrogens is 4. The monoisotopic (exact) mass is 311 g/mol. The SMILES string of the molecule is Cc1c(NC(=O)c2ccnn2C)c(=O)n(-c2ccccc2)n1C. The first-order valence-electron chi connectivity index (χ1n) is 7.14. The van der Waals surface area contributed by atoms with Gasteiger partial charge in [0, 0.05) is 20.3 Å². The fourth-order valence-electron chi connectivity index (χ4n) is 2.49. The third-order valence-corrected chi connectivity index (χ3v) is 3.85. The average Bonchev–Trinajstić information content (AvgIpc) is 3.06. The molecule has 1 aromatic carbocycles. The molecule has 2 heterocycles. The summed E-state index contributed by atoms with van der Waals surface area (Å²) in [5.41, 5.74) is 1.80. The van der Waals surface area contributed by atoms with E-state index in [4.69, 9.17) is 0 Å². The molecule has 23 heavy (non-hydrogen) atoms. The molecule has 1 N–H and O–H groups in total. The average molecular weight is 311 g/mol. The lowest BCUT2D eigenvalue weighted by Crippen LogP contribution is -2.23. The maximum Gasteiger partial charge on any atom is 0.295 e. The fraction of sp³-hybridized carbons (Fsp3) is 0.188. The Labute approximate surface area is 132 Å². The zero-order chi connectivity index (χ0) is 16.6. The molecule has 3 aromatic rings. The molecule has 0 atom stereocenters. The van der Waals surface area contributed by atoms with E-state index in [1.807, 2.05) is 30.3 Å². The molecule has 7 heteroatoms. The Morgan fingerprint density at radius 3 is 2.43 bits per heavy atom. The van der Waals surface area contributed by atoms with Crippen molar-refractivity contribution in [2.45, 2.75) is 6.92 Å². The molecule has 0 aliphatic heterocycles. The molecule has 1 amide bonds. The summed E-state index contributed by atoms with van der Waals surface area (Å²) in [7, 11) is 3.46. The highest BCUT2D eigenvalue weighted by Gasteiger charge is 2.19. The van der Waals surface area contributed by atoms with Gasteiger partial charge in [0.25, 0.3) is 11.5 Å². The molecule has 0 spiro atoms. The molecule has 0 bridgehead atoms. The molecule has 0 aliphatic carbocycles. The van der Waals surface area contributed by atoms with E-state index in [1.165, 1.54) is 15.6 Å². The van der Waals surface area contributed by atoms with Crippen molar-refractivity contribution < 1.29 is 4.79 Å². The Balaban J connectivity index is 2.03. The van der Waals surface area contributed by atoms with Crippen molar-refractivity contribution in [3.63, 3.8) is 0 Å². The van der Waals surface area contributed by atoms with E-state index >= 15 is 0 Å². The molecule has 0 fully saturated rings. The highest BCUT2D eigenvalue weighted by atomic mass is 16.2. The van der Waals surface area contributed by atoms with E-state index in [-0.39, 0.29) is 17.2 Å². The number of benzene rings is 1. The van der Waals surface area contributed by atoms with E-state index in [0.29, 0.717) is 11.4 Å². The van der Waals surface area contributed by atoms with Gasteiger partial charge >= 0.3 is 0 Å². The Bertz CT molecular complexity index is 918. The van der Waals surface area contributed by atoms with Crippen LogP contribution in [0.25, 0.3) is 5.69 Å². The van der Waals surface area contributed by atoms with Gasteiger partial charge in [-0.05, 0) is 25.1 Å². The minimum Gasteiger partial charge on any atom is -0.314 e. The number of hydrogen-bond acceptors (Lipinski definition) is 3. The summed E-state index contributed by atoms with van der Waals surface area (Å²) in [5.74, 6) is -0.365. The van der Waals surface area contributed by atoms with E-state index in [0.717, 1.165) is 5.69 Å². The Morgan fingerprint density at radius 1 is 1.13 bits per heavy atom. The zero-order valence-electron chi connectivity index (χ0n) is 13.1. The van der Waals surface area contributed by atoms with Gasteiger partial charge in [0.05, 0.1) is 11.4 Å². The predicted molar refractivity (Wildman–Crippen MR) is 86.9 cm³/mol. The standard InChI is InChI=1S/C16H17N5O2/c1-11-14(18-15(22)13-9-10-17-19(13)2)16(23)21(20(11)3)12-7-5-4-6-8-12/h4-10H,1-3H3,(H,18,22). The minimum atomic E-state index is -0.365. The third kappa shape index (κ3) is 2.46. The van der Waals surface area contributed by atoms with E-state index in [9.17, 15) is 9.59 Å². The quantitative estimate of drug-likeness (QED) is 0.796. The fourth-order valence-corrected chi connectivity index (χ4v) is 2.49. The van der Waals surface area contributed by atoms with Crippen LogP contribution in [0.2, 0.25) is 0 Å². The van der Waals surface area contributed by atoms with Crippen molar-refractivity contribution in [3.8, 4) is 5.69 Å². The maximum absolute atomic E-state index is 12.7. The highest BCUT2D eigenvalue weighted by Crippen LogP contribution is 2.14. The summed E-state index contributed by atoms with van der Waals surface area (Å²) in [5, 5.41) is 6.66. The van der Waals surface area contributed by atoms with Crippen LogP contribution in [-0.4, -0.2) is 25.1 Å². The van der Waals surface area contributed by atoms with Gasteiger partial charge in [0.15, 0.2) is 0 Å². The molecular formula is C16H17N5O2. The van der Waals surface area contributed by atoms with Crippen LogP contribution in [0.4, 0.5) is 5.69 Å². The van der Waals surface area contributed by atoms with Crippen LogP contribution < -0.4 is 10.9 Å². The van der Waals surface area contributed by atoms with Gasteiger partial charge in [-0.25, -0.2) is 4.68 Å². The molecule has 2 aromatic heterocycles.